The van der Waals surface area contributed by atoms with Crippen LogP contribution in [-0.2, 0) is 4.79 Å². The molecule has 0 spiro atoms. The van der Waals surface area contributed by atoms with Crippen LogP contribution in [0.2, 0.25) is 0 Å². The van der Waals surface area contributed by atoms with Crippen LogP contribution < -0.4 is 10.2 Å². The van der Waals surface area contributed by atoms with Gasteiger partial charge in [-0.2, -0.15) is 0 Å². The summed E-state index contributed by atoms with van der Waals surface area (Å²) < 4.78 is 0. The Morgan fingerprint density at radius 2 is 1.53 bits per heavy atom. The first kappa shape index (κ1) is 17.2. The molecule has 0 aliphatic rings. The predicted molar refractivity (Wildman–Crippen MR) is 69.3 cm³/mol. The van der Waals surface area contributed by atoms with E-state index in [1.54, 1.807) is 18.2 Å². The topological polar surface area (TPSA) is 80.3 Å². The van der Waals surface area contributed by atoms with Crippen molar-refractivity contribution in [2.24, 2.45) is 0 Å². The molecule has 4 nitrogen and oxygen atoms in total. The fourth-order valence-electron chi connectivity index (χ4n) is 1.40. The molecule has 5 heteroatoms. The zero-order chi connectivity index (χ0) is 13.5. The van der Waals surface area contributed by atoms with Crippen molar-refractivity contribution >= 4 is 40.1 Å². The van der Waals surface area contributed by atoms with Crippen LogP contribution in [0, 0.1) is 0 Å². The number of carbonyl (C=O) groups is 2. The van der Waals surface area contributed by atoms with Crippen LogP contribution in [-0.4, -0.2) is 29.3 Å². The molecule has 1 radical (unpaired) electrons. The number of rotatable bonds is 2. The molecule has 0 aromatic heterocycles. The first-order chi connectivity index (χ1) is 8.56. The molecule has 0 heterocycles. The summed E-state index contributed by atoms with van der Waals surface area (Å²) >= 11 is 0. The predicted octanol–water partition coefficient (Wildman–Crippen LogP) is -0.0312. The number of carbonyl (C=O) groups excluding carboxylic acids is 2. The van der Waals surface area contributed by atoms with E-state index in [0.717, 1.165) is 10.8 Å². The minimum atomic E-state index is -1.13. The average molecular weight is 271 g/mol. The van der Waals surface area contributed by atoms with E-state index in [1.807, 2.05) is 24.3 Å². The maximum absolute atomic E-state index is 10.7. The Balaban J connectivity index is 0.000000471. The van der Waals surface area contributed by atoms with Crippen LogP contribution in [0.15, 0.2) is 42.5 Å². The van der Waals surface area contributed by atoms with Crippen LogP contribution in [0.5, 0.6) is 0 Å². The summed E-state index contributed by atoms with van der Waals surface area (Å²) in [6.45, 7) is 1.54. The molecule has 2 rings (SSSR count). The van der Waals surface area contributed by atoms with E-state index in [-0.39, 0.29) is 29.3 Å². The van der Waals surface area contributed by atoms with Gasteiger partial charge in [0.15, 0.2) is 0 Å². The number of hydrogen-bond acceptors (Lipinski definition) is 4. The van der Waals surface area contributed by atoms with E-state index in [0.29, 0.717) is 0 Å². The van der Waals surface area contributed by atoms with Crippen molar-refractivity contribution in [1.29, 1.82) is 0 Å². The normalized spacial score (nSPS) is 8.89. The second-order valence-corrected chi connectivity index (χ2v) is 3.54. The van der Waals surface area contributed by atoms with Crippen molar-refractivity contribution in [3.8, 4) is 0 Å². The number of benzene rings is 2. The van der Waals surface area contributed by atoms with Gasteiger partial charge in [0.25, 0.3) is 0 Å². The standard InChI is InChI=1S/C11H8O2.C3H6O2.Al/c12-11(13)10-7-3-5-8-4-1-2-6-9(8)10;1-2-3(4)5;/h1-7H,(H,12,13);2H2,1H3,(H,4,5);/q;;+2/p-2. The van der Waals surface area contributed by atoms with Gasteiger partial charge in [-0.3, -0.25) is 0 Å². The minimum Gasteiger partial charge on any atom is -0.550 e. The van der Waals surface area contributed by atoms with Gasteiger partial charge >= 0.3 is 17.4 Å². The van der Waals surface area contributed by atoms with E-state index in [9.17, 15) is 19.8 Å². The van der Waals surface area contributed by atoms with Crippen molar-refractivity contribution in [2.75, 3.05) is 0 Å². The Kier molecular flexibility index (Phi) is 7.51. The van der Waals surface area contributed by atoms with Crippen molar-refractivity contribution < 1.29 is 19.8 Å². The van der Waals surface area contributed by atoms with Gasteiger partial charge in [-0.1, -0.05) is 49.4 Å². The van der Waals surface area contributed by atoms with Gasteiger partial charge in [0.05, 0.1) is 5.97 Å². The van der Waals surface area contributed by atoms with Crippen LogP contribution in [0.25, 0.3) is 10.8 Å². The number of fused-ring (bicyclic) bond motifs is 1. The van der Waals surface area contributed by atoms with Gasteiger partial charge in [0, 0.05) is 11.5 Å². The molecule has 0 bridgehead atoms. The number of aliphatic carboxylic acids is 1. The Morgan fingerprint density at radius 3 is 2.05 bits per heavy atom. The molecular weight excluding hydrogens is 259 g/mol. The number of carboxylic acid groups (broad SMARTS) is 2. The van der Waals surface area contributed by atoms with E-state index >= 15 is 0 Å². The van der Waals surface area contributed by atoms with Gasteiger partial charge in [0.1, 0.15) is 0 Å². The summed E-state index contributed by atoms with van der Waals surface area (Å²) in [6.07, 6.45) is 0.111. The molecule has 0 aliphatic carbocycles. The van der Waals surface area contributed by atoms with Gasteiger partial charge in [-0.15, -0.1) is 0 Å². The van der Waals surface area contributed by atoms with Crippen LogP contribution in [0.3, 0.4) is 0 Å². The first-order valence-corrected chi connectivity index (χ1v) is 5.45. The quantitative estimate of drug-likeness (QED) is 0.718. The molecule has 2 aromatic carbocycles. The fraction of sp³-hybridized carbons (Fsp3) is 0.143. The molecule has 0 atom stereocenters. The second-order valence-electron chi connectivity index (χ2n) is 3.54. The summed E-state index contributed by atoms with van der Waals surface area (Å²) in [5.41, 5.74) is 0.248. The van der Waals surface area contributed by atoms with E-state index in [4.69, 9.17) is 0 Å². The van der Waals surface area contributed by atoms with Crippen LogP contribution in [0.4, 0.5) is 0 Å². The van der Waals surface area contributed by atoms with Gasteiger partial charge < -0.3 is 19.8 Å². The Hall–Kier alpha value is -1.83. The maximum Gasteiger partial charge on any atom is 2.00 e. The third-order valence-electron chi connectivity index (χ3n) is 2.30. The zero-order valence-electron chi connectivity index (χ0n) is 10.5. The molecular formula is C14H12AlO4. The largest absolute Gasteiger partial charge is 2.00 e. The first-order valence-electron chi connectivity index (χ1n) is 5.45. The fourth-order valence-corrected chi connectivity index (χ4v) is 1.40. The Labute approximate surface area is 121 Å². The SMILES string of the molecule is CCC(=O)[O-].O=C([O-])c1cccc2ccccc12.[Al+2]. The van der Waals surface area contributed by atoms with Gasteiger partial charge in [-0.05, 0) is 17.2 Å². The third kappa shape index (κ3) is 5.13. The molecule has 0 amide bonds. The summed E-state index contributed by atoms with van der Waals surface area (Å²) in [5, 5.41) is 21.6. The second kappa shape index (κ2) is 8.31. The zero-order valence-corrected chi connectivity index (χ0v) is 11.6. The number of aromatic carboxylic acids is 1. The molecule has 2 aromatic rings. The number of hydrogen-bond donors (Lipinski definition) is 0. The van der Waals surface area contributed by atoms with Gasteiger partial charge in [0.2, 0.25) is 0 Å². The summed E-state index contributed by atoms with van der Waals surface area (Å²) in [7, 11) is 0. The van der Waals surface area contributed by atoms with Crippen molar-refractivity contribution in [3.05, 3.63) is 48.0 Å². The maximum atomic E-state index is 10.7. The summed E-state index contributed by atoms with van der Waals surface area (Å²) in [4.78, 5) is 20.0. The molecule has 0 unspecified atom stereocenters. The minimum absolute atomic E-state index is 0. The van der Waals surface area contributed by atoms with Crippen molar-refractivity contribution in [3.63, 3.8) is 0 Å². The molecule has 0 aliphatic heterocycles. The molecule has 0 saturated heterocycles. The van der Waals surface area contributed by atoms with E-state index in [1.165, 1.54) is 6.92 Å². The van der Waals surface area contributed by atoms with Crippen molar-refractivity contribution in [1.82, 2.24) is 0 Å². The van der Waals surface area contributed by atoms with E-state index in [2.05, 4.69) is 0 Å². The number of carboxylic acids is 2. The summed E-state index contributed by atoms with van der Waals surface area (Å²) in [6, 6.07) is 12.5. The third-order valence-corrected chi connectivity index (χ3v) is 2.30. The Bertz CT molecular complexity index is 561. The Morgan fingerprint density at radius 1 is 1.00 bits per heavy atom. The van der Waals surface area contributed by atoms with Crippen LogP contribution in [0.1, 0.15) is 23.7 Å². The molecule has 0 N–H and O–H groups in total. The van der Waals surface area contributed by atoms with E-state index < -0.39 is 11.9 Å². The monoisotopic (exact) mass is 271 g/mol. The molecule has 0 saturated carbocycles. The van der Waals surface area contributed by atoms with Gasteiger partial charge in [-0.25, -0.2) is 0 Å². The van der Waals surface area contributed by atoms with Crippen LogP contribution >= 0.6 is 0 Å². The molecule has 0 fully saturated rings. The molecule has 19 heavy (non-hydrogen) atoms. The smallest absolute Gasteiger partial charge is 0.550 e. The summed E-state index contributed by atoms with van der Waals surface area (Å²) in [5.74, 6) is -2.12. The molecule has 95 valence electrons. The average Bonchev–Trinajstić information content (AvgIpc) is 2.38. The van der Waals surface area contributed by atoms with Crippen molar-refractivity contribution in [2.45, 2.75) is 13.3 Å².